The third kappa shape index (κ3) is 5.25. The summed E-state index contributed by atoms with van der Waals surface area (Å²) in [6, 6.07) is 0. The van der Waals surface area contributed by atoms with Gasteiger partial charge in [0.05, 0.1) is 34.8 Å². The molecule has 1 rings (SSSR count). The van der Waals surface area contributed by atoms with Crippen LogP contribution in [0.1, 0.15) is 6.42 Å². The van der Waals surface area contributed by atoms with E-state index in [9.17, 15) is 19.8 Å². The molecule has 0 spiro atoms. The van der Waals surface area contributed by atoms with Gasteiger partial charge in [-0.15, -0.1) is 0 Å². The van der Waals surface area contributed by atoms with Crippen LogP contribution in [0.2, 0.25) is 0 Å². The first-order valence-electron chi connectivity index (χ1n) is 7.19. The highest BCUT2D eigenvalue weighted by Crippen LogP contribution is 2.51. The number of hydrogen-bond donors (Lipinski definition) is 6. The maximum atomic E-state index is 12.5. The van der Waals surface area contributed by atoms with Crippen molar-refractivity contribution in [3.8, 4) is 0 Å². The van der Waals surface area contributed by atoms with Crippen molar-refractivity contribution >= 4 is 79.6 Å². The van der Waals surface area contributed by atoms with Gasteiger partial charge in [0.15, 0.2) is 0 Å². The van der Waals surface area contributed by atoms with Gasteiger partial charge in [0.1, 0.15) is 0 Å². The monoisotopic (exact) mass is 692 g/mol. The number of rotatable bonds is 8. The minimum absolute atomic E-state index is 0.124. The summed E-state index contributed by atoms with van der Waals surface area (Å²) in [4.78, 5) is 24.8. The molecule has 0 heterocycles. The van der Waals surface area contributed by atoms with Gasteiger partial charge in [-0.05, 0) is 57.7 Å². The van der Waals surface area contributed by atoms with Crippen LogP contribution in [0.25, 0.3) is 0 Å². The number of allylic oxidation sites excluding steroid dienone is 2. The molecule has 1 aliphatic rings. The number of carbonyl (C=O) groups excluding carboxylic acids is 2. The van der Waals surface area contributed by atoms with Crippen LogP contribution in [0.15, 0.2) is 18.8 Å². The summed E-state index contributed by atoms with van der Waals surface area (Å²) in [5.74, 6) is -1.20. The third-order valence-corrected chi connectivity index (χ3v) is 7.64. The van der Waals surface area contributed by atoms with Crippen molar-refractivity contribution in [2.75, 3.05) is 19.8 Å². The van der Waals surface area contributed by atoms with Crippen molar-refractivity contribution in [2.24, 2.45) is 11.1 Å². The van der Waals surface area contributed by atoms with Crippen molar-refractivity contribution in [3.63, 3.8) is 0 Å². The number of halogens is 3. The molecule has 4 atom stereocenters. The topological polar surface area (TPSA) is 153 Å². The molecule has 4 unspecified atom stereocenters. The Morgan fingerprint density at radius 3 is 2.28 bits per heavy atom. The molecule has 0 aromatic carbocycles. The fourth-order valence-electron chi connectivity index (χ4n) is 2.38. The van der Waals surface area contributed by atoms with Crippen LogP contribution in [0.4, 0.5) is 0 Å². The summed E-state index contributed by atoms with van der Waals surface area (Å²) in [7, 11) is 0. The first-order valence-corrected chi connectivity index (χ1v) is 10.6. The van der Waals surface area contributed by atoms with E-state index in [0.717, 1.165) is 0 Å². The second-order valence-electron chi connectivity index (χ2n) is 5.54. The SMILES string of the molecule is NC(=O)C1(CC(O)CO)C(I)=CC(I)=C(C(=O)NCC(O)CO)C1I. The molecule has 142 valence electrons. The van der Waals surface area contributed by atoms with Crippen LogP contribution in [0.5, 0.6) is 0 Å². The molecule has 0 aliphatic heterocycles. The summed E-state index contributed by atoms with van der Waals surface area (Å²) < 4.78 is 0.493. The summed E-state index contributed by atoms with van der Waals surface area (Å²) in [5, 5.41) is 39.8. The lowest BCUT2D eigenvalue weighted by Crippen LogP contribution is -2.51. The molecule has 0 saturated heterocycles. The fraction of sp³-hybridized carbons (Fsp3) is 0.571. The number of aliphatic hydroxyl groups is 4. The van der Waals surface area contributed by atoms with Crippen LogP contribution in [0, 0.1) is 5.41 Å². The second-order valence-corrected chi connectivity index (χ2v) is 9.11. The number of amides is 2. The number of aliphatic hydroxyl groups excluding tert-OH is 4. The van der Waals surface area contributed by atoms with E-state index in [1.54, 1.807) is 6.08 Å². The summed E-state index contributed by atoms with van der Waals surface area (Å²) >= 11 is 5.86. The Bertz CT molecular complexity index is 597. The highest BCUT2D eigenvalue weighted by atomic mass is 127. The molecule has 0 aromatic rings. The van der Waals surface area contributed by atoms with E-state index in [0.29, 0.717) is 7.16 Å². The predicted octanol–water partition coefficient (Wildman–Crippen LogP) is -0.504. The Kier molecular flexibility index (Phi) is 9.51. The highest BCUT2D eigenvalue weighted by molar-refractivity contribution is 14.1. The van der Waals surface area contributed by atoms with Crippen molar-refractivity contribution in [1.29, 1.82) is 0 Å². The molecule has 0 aromatic heterocycles. The number of nitrogens with two attached hydrogens (primary N) is 1. The smallest absolute Gasteiger partial charge is 0.249 e. The molecule has 0 fully saturated rings. The van der Waals surface area contributed by atoms with Crippen molar-refractivity contribution in [3.05, 3.63) is 18.8 Å². The molecule has 0 saturated carbocycles. The largest absolute Gasteiger partial charge is 0.394 e. The lowest BCUT2D eigenvalue weighted by Gasteiger charge is -2.40. The Balaban J connectivity index is 3.25. The van der Waals surface area contributed by atoms with Gasteiger partial charge in [0, 0.05) is 19.3 Å². The molecular formula is C14H19I3N2O6. The number of nitrogens with one attached hydrogen (secondary N) is 1. The Hall–Kier alpha value is 0.450. The zero-order valence-corrected chi connectivity index (χ0v) is 19.4. The number of hydrogen-bond acceptors (Lipinski definition) is 6. The standard InChI is InChI=1S/C14H19I3N2O6/c15-8-1-9(16)14(13(18)25,2-6(22)4-20)11(17)10(8)12(24)19-3-7(23)5-21/h1,6-7,11,20-23H,2-5H2,(H2,18,25)(H,19,24). The van der Waals surface area contributed by atoms with Gasteiger partial charge in [0.2, 0.25) is 11.8 Å². The maximum absolute atomic E-state index is 12.5. The maximum Gasteiger partial charge on any atom is 0.249 e. The number of primary amides is 1. The van der Waals surface area contributed by atoms with Crippen molar-refractivity contribution in [2.45, 2.75) is 22.6 Å². The first-order chi connectivity index (χ1) is 11.6. The Morgan fingerprint density at radius 2 is 1.80 bits per heavy atom. The molecule has 8 nitrogen and oxygen atoms in total. The first kappa shape index (κ1) is 23.5. The van der Waals surface area contributed by atoms with Gasteiger partial charge in [-0.2, -0.15) is 0 Å². The molecule has 25 heavy (non-hydrogen) atoms. The second kappa shape index (κ2) is 10.1. The lowest BCUT2D eigenvalue weighted by molar-refractivity contribution is -0.127. The van der Waals surface area contributed by atoms with Crippen LogP contribution in [0.3, 0.4) is 0 Å². The van der Waals surface area contributed by atoms with E-state index >= 15 is 0 Å². The average molecular weight is 692 g/mol. The quantitative estimate of drug-likeness (QED) is 0.149. The third-order valence-electron chi connectivity index (χ3n) is 3.78. The Morgan fingerprint density at radius 1 is 1.24 bits per heavy atom. The molecule has 11 heteroatoms. The van der Waals surface area contributed by atoms with Gasteiger partial charge >= 0.3 is 0 Å². The van der Waals surface area contributed by atoms with Crippen molar-refractivity contribution in [1.82, 2.24) is 5.32 Å². The molecular weight excluding hydrogens is 673 g/mol. The van der Waals surface area contributed by atoms with Crippen LogP contribution in [-0.2, 0) is 9.59 Å². The predicted molar refractivity (Wildman–Crippen MR) is 116 cm³/mol. The summed E-state index contributed by atoms with van der Waals surface area (Å²) in [5.41, 5.74) is 4.58. The zero-order chi connectivity index (χ0) is 19.4. The van der Waals surface area contributed by atoms with Crippen molar-refractivity contribution < 1.29 is 30.0 Å². The normalized spacial score (nSPS) is 26.0. The molecule has 0 bridgehead atoms. The lowest BCUT2D eigenvalue weighted by atomic mass is 9.73. The van der Waals surface area contributed by atoms with Gasteiger partial charge in [-0.3, -0.25) is 9.59 Å². The van der Waals surface area contributed by atoms with Gasteiger partial charge < -0.3 is 31.5 Å². The van der Waals surface area contributed by atoms with Crippen LogP contribution in [-0.4, -0.2) is 68.1 Å². The van der Waals surface area contributed by atoms with Gasteiger partial charge in [0.25, 0.3) is 0 Å². The molecule has 0 radical (unpaired) electrons. The highest BCUT2D eigenvalue weighted by Gasteiger charge is 2.52. The fourth-order valence-corrected chi connectivity index (χ4v) is 7.66. The van der Waals surface area contributed by atoms with Crippen LogP contribution >= 0.6 is 67.8 Å². The van der Waals surface area contributed by atoms with E-state index < -0.39 is 46.6 Å². The van der Waals surface area contributed by atoms with E-state index in [1.807, 2.05) is 67.8 Å². The van der Waals surface area contributed by atoms with E-state index in [4.69, 9.17) is 15.9 Å². The number of carbonyl (C=O) groups is 2. The zero-order valence-electron chi connectivity index (χ0n) is 13.0. The molecule has 1 aliphatic carbocycles. The van der Waals surface area contributed by atoms with E-state index in [1.165, 1.54) is 0 Å². The summed E-state index contributed by atoms with van der Waals surface area (Å²) in [6.07, 6.45) is -0.741. The molecule has 2 amide bonds. The Labute approximate surface area is 185 Å². The van der Waals surface area contributed by atoms with E-state index in [2.05, 4.69) is 5.32 Å². The average Bonchev–Trinajstić information content (AvgIpc) is 2.55. The van der Waals surface area contributed by atoms with Crippen LogP contribution < -0.4 is 11.1 Å². The number of alkyl halides is 1. The van der Waals surface area contributed by atoms with Gasteiger partial charge in [-0.1, -0.05) is 22.6 Å². The minimum Gasteiger partial charge on any atom is -0.394 e. The van der Waals surface area contributed by atoms with Gasteiger partial charge in [-0.25, -0.2) is 0 Å². The summed E-state index contributed by atoms with van der Waals surface area (Å²) in [6.45, 7) is -1.17. The minimum atomic E-state index is -1.33. The van der Waals surface area contributed by atoms with E-state index in [-0.39, 0.29) is 18.5 Å². The molecule has 7 N–H and O–H groups in total.